The van der Waals surface area contributed by atoms with Gasteiger partial charge in [-0.1, -0.05) is 23.2 Å². The van der Waals surface area contributed by atoms with Crippen LogP contribution in [0.1, 0.15) is 5.56 Å². The van der Waals surface area contributed by atoms with E-state index in [-0.39, 0.29) is 15.6 Å². The van der Waals surface area contributed by atoms with Gasteiger partial charge >= 0.3 is 0 Å². The van der Waals surface area contributed by atoms with E-state index in [9.17, 15) is 0 Å². The molecule has 0 spiro atoms. The zero-order chi connectivity index (χ0) is 9.14. The monoisotopic (exact) mass is 220 g/mol. The highest BCUT2D eigenvalue weighted by Crippen LogP contribution is 2.22. The van der Waals surface area contributed by atoms with Crippen molar-refractivity contribution >= 4 is 34.8 Å². The summed E-state index contributed by atoms with van der Waals surface area (Å²) >= 11 is 16.9. The van der Waals surface area contributed by atoms with E-state index in [0.717, 1.165) is 0 Å². The smallest absolute Gasteiger partial charge is 0.206 e. The predicted molar refractivity (Wildman–Crippen MR) is 49.6 cm³/mol. The van der Waals surface area contributed by atoms with Crippen molar-refractivity contribution in [2.45, 2.75) is 6.42 Å². The van der Waals surface area contributed by atoms with E-state index in [1.165, 1.54) is 0 Å². The summed E-state index contributed by atoms with van der Waals surface area (Å²) in [5.41, 5.74) is 0.533. The third-order valence-electron chi connectivity index (χ3n) is 1.16. The van der Waals surface area contributed by atoms with Gasteiger partial charge in [0.05, 0.1) is 0 Å². The van der Waals surface area contributed by atoms with Gasteiger partial charge in [0, 0.05) is 12.0 Å². The van der Waals surface area contributed by atoms with Gasteiger partial charge in [0.25, 0.3) is 0 Å². The molecule has 2 nitrogen and oxygen atoms in total. The standard InChI is InChI=1S/C7H3Cl3N2/c1-2-3-4-5(8)11-7(10)12-6(4)9/h1H,3H2. The molecule has 0 aliphatic heterocycles. The molecular weight excluding hydrogens is 218 g/mol. The van der Waals surface area contributed by atoms with Gasteiger partial charge in [-0.3, -0.25) is 0 Å². The predicted octanol–water partition coefficient (Wildman–Crippen LogP) is 2.61. The number of hydrogen-bond acceptors (Lipinski definition) is 2. The van der Waals surface area contributed by atoms with Crippen LogP contribution in [0, 0.1) is 12.3 Å². The summed E-state index contributed by atoms with van der Waals surface area (Å²) < 4.78 is 0. The first-order valence-corrected chi connectivity index (χ1v) is 4.09. The van der Waals surface area contributed by atoms with Gasteiger partial charge in [0.15, 0.2) is 0 Å². The third-order valence-corrected chi connectivity index (χ3v) is 1.95. The number of hydrogen-bond donors (Lipinski definition) is 0. The number of terminal acetylenes is 1. The Morgan fingerprint density at radius 3 is 2.08 bits per heavy atom. The van der Waals surface area contributed by atoms with E-state index in [0.29, 0.717) is 12.0 Å². The molecule has 0 N–H and O–H groups in total. The quantitative estimate of drug-likeness (QED) is 0.414. The summed E-state index contributed by atoms with van der Waals surface area (Å²) in [6, 6.07) is 0. The Balaban J connectivity index is 3.21. The summed E-state index contributed by atoms with van der Waals surface area (Å²) in [6.07, 6.45) is 5.38. The normalized spacial score (nSPS) is 9.50. The van der Waals surface area contributed by atoms with Crippen LogP contribution in [-0.2, 0) is 6.42 Å². The van der Waals surface area contributed by atoms with E-state index < -0.39 is 0 Å². The SMILES string of the molecule is C#CCc1c(Cl)nc(Cl)nc1Cl. The minimum absolute atomic E-state index is 0.0192. The van der Waals surface area contributed by atoms with Crippen LogP contribution in [0.25, 0.3) is 0 Å². The van der Waals surface area contributed by atoms with Crippen LogP contribution in [0.4, 0.5) is 0 Å². The average molecular weight is 221 g/mol. The van der Waals surface area contributed by atoms with Crippen molar-refractivity contribution < 1.29 is 0 Å². The lowest BCUT2D eigenvalue weighted by Crippen LogP contribution is -1.93. The van der Waals surface area contributed by atoms with Gasteiger partial charge in [-0.2, -0.15) is 0 Å². The molecule has 0 radical (unpaired) electrons. The second-order valence-corrected chi connectivity index (χ2v) is 2.99. The Labute approximate surface area is 84.9 Å². The molecule has 5 heteroatoms. The Hall–Kier alpha value is -0.490. The molecule has 0 aliphatic carbocycles. The van der Waals surface area contributed by atoms with E-state index in [4.69, 9.17) is 41.2 Å². The maximum atomic E-state index is 5.70. The van der Waals surface area contributed by atoms with Gasteiger partial charge in [-0.15, -0.1) is 12.3 Å². The van der Waals surface area contributed by atoms with E-state index in [2.05, 4.69) is 15.9 Å². The lowest BCUT2D eigenvalue weighted by atomic mass is 10.2. The fraction of sp³-hybridized carbons (Fsp3) is 0.143. The summed E-state index contributed by atoms with van der Waals surface area (Å²) in [5.74, 6) is 2.39. The molecule has 0 saturated carbocycles. The summed E-state index contributed by atoms with van der Waals surface area (Å²) in [5, 5.41) is 0.432. The van der Waals surface area contributed by atoms with Crippen molar-refractivity contribution in [3.05, 3.63) is 21.2 Å². The summed E-state index contributed by atoms with van der Waals surface area (Å²) in [7, 11) is 0. The van der Waals surface area contributed by atoms with Crippen LogP contribution in [-0.4, -0.2) is 9.97 Å². The molecule has 1 aromatic rings. The molecule has 0 atom stereocenters. The first-order chi connectivity index (χ1) is 5.65. The van der Waals surface area contributed by atoms with Gasteiger partial charge in [-0.05, 0) is 11.6 Å². The second kappa shape index (κ2) is 3.95. The topological polar surface area (TPSA) is 25.8 Å². The van der Waals surface area contributed by atoms with Crippen LogP contribution >= 0.6 is 34.8 Å². The maximum absolute atomic E-state index is 5.70. The first-order valence-electron chi connectivity index (χ1n) is 2.96. The Kier molecular flexibility index (Phi) is 3.16. The molecule has 0 aliphatic rings. The average Bonchev–Trinajstić information content (AvgIpc) is 1.96. The summed E-state index contributed by atoms with van der Waals surface area (Å²) in [6.45, 7) is 0. The van der Waals surface area contributed by atoms with Gasteiger partial charge < -0.3 is 0 Å². The molecule has 62 valence electrons. The highest BCUT2D eigenvalue weighted by Gasteiger charge is 2.08. The van der Waals surface area contributed by atoms with Crippen molar-refractivity contribution in [2.24, 2.45) is 0 Å². The van der Waals surface area contributed by atoms with Crippen molar-refractivity contribution in [1.29, 1.82) is 0 Å². The van der Waals surface area contributed by atoms with Crippen LogP contribution in [0.15, 0.2) is 0 Å². The largest absolute Gasteiger partial charge is 0.225 e. The molecule has 1 rings (SSSR count). The fourth-order valence-electron chi connectivity index (χ4n) is 0.655. The number of rotatable bonds is 1. The van der Waals surface area contributed by atoms with Crippen LogP contribution < -0.4 is 0 Å². The molecule has 0 bridgehead atoms. The fourth-order valence-corrected chi connectivity index (χ4v) is 1.43. The highest BCUT2D eigenvalue weighted by molar-refractivity contribution is 6.36. The van der Waals surface area contributed by atoms with Crippen molar-refractivity contribution in [1.82, 2.24) is 9.97 Å². The molecule has 0 amide bonds. The van der Waals surface area contributed by atoms with Crippen molar-refractivity contribution in [3.63, 3.8) is 0 Å². The maximum Gasteiger partial charge on any atom is 0.225 e. The Bertz CT molecular complexity index is 320. The Morgan fingerprint density at radius 1 is 1.17 bits per heavy atom. The van der Waals surface area contributed by atoms with Crippen molar-refractivity contribution in [3.8, 4) is 12.3 Å². The number of aromatic nitrogens is 2. The molecule has 1 aromatic heterocycles. The molecule has 0 unspecified atom stereocenters. The van der Waals surface area contributed by atoms with Crippen molar-refractivity contribution in [2.75, 3.05) is 0 Å². The van der Waals surface area contributed by atoms with Crippen LogP contribution in [0.5, 0.6) is 0 Å². The van der Waals surface area contributed by atoms with Crippen LogP contribution in [0.3, 0.4) is 0 Å². The van der Waals surface area contributed by atoms with E-state index in [1.807, 2.05) is 0 Å². The van der Waals surface area contributed by atoms with E-state index >= 15 is 0 Å². The van der Waals surface area contributed by atoms with Gasteiger partial charge in [-0.25, -0.2) is 9.97 Å². The second-order valence-electron chi connectivity index (χ2n) is 1.93. The lowest BCUT2D eigenvalue weighted by Gasteiger charge is -2.00. The molecule has 12 heavy (non-hydrogen) atoms. The third kappa shape index (κ3) is 2.01. The summed E-state index contributed by atoms with van der Waals surface area (Å²) in [4.78, 5) is 7.39. The molecule has 0 saturated heterocycles. The molecule has 0 aromatic carbocycles. The van der Waals surface area contributed by atoms with Gasteiger partial charge in [0.2, 0.25) is 5.28 Å². The zero-order valence-electron chi connectivity index (χ0n) is 5.81. The minimum Gasteiger partial charge on any atom is -0.206 e. The number of nitrogens with zero attached hydrogens (tertiary/aromatic N) is 2. The molecule has 0 fully saturated rings. The first kappa shape index (κ1) is 9.60. The lowest BCUT2D eigenvalue weighted by molar-refractivity contribution is 1.10. The molecule has 1 heterocycles. The zero-order valence-corrected chi connectivity index (χ0v) is 8.08. The highest BCUT2D eigenvalue weighted by atomic mass is 35.5. The minimum atomic E-state index is 0.0192. The molecular formula is C7H3Cl3N2. The van der Waals surface area contributed by atoms with Gasteiger partial charge in [0.1, 0.15) is 10.3 Å². The van der Waals surface area contributed by atoms with Crippen LogP contribution in [0.2, 0.25) is 15.6 Å². The Morgan fingerprint density at radius 2 is 1.67 bits per heavy atom. The number of halogens is 3. The van der Waals surface area contributed by atoms with E-state index in [1.54, 1.807) is 0 Å².